The molecule has 2 amide bonds. The summed E-state index contributed by atoms with van der Waals surface area (Å²) in [5, 5.41) is 3.40. The fraction of sp³-hybridized carbons (Fsp3) is 0.464. The molecular formula is C28H33N3O6S3. The Morgan fingerprint density at radius 3 is 2.58 bits per heavy atom. The van der Waals surface area contributed by atoms with Gasteiger partial charge in [0.05, 0.1) is 40.5 Å². The van der Waals surface area contributed by atoms with Gasteiger partial charge >= 0.3 is 11.9 Å². The summed E-state index contributed by atoms with van der Waals surface area (Å²) in [6, 6.07) is 5.83. The molecule has 0 spiro atoms. The molecule has 4 rings (SSSR count). The van der Waals surface area contributed by atoms with Crippen LogP contribution in [0.15, 0.2) is 23.2 Å². The van der Waals surface area contributed by atoms with Crippen LogP contribution >= 0.6 is 34.4 Å². The van der Waals surface area contributed by atoms with Crippen LogP contribution in [-0.2, 0) is 43.2 Å². The van der Waals surface area contributed by atoms with E-state index in [4.69, 9.17) is 9.47 Å². The van der Waals surface area contributed by atoms with Crippen molar-refractivity contribution in [2.75, 3.05) is 30.0 Å². The number of rotatable bonds is 10. The quantitative estimate of drug-likeness (QED) is 0.259. The van der Waals surface area contributed by atoms with Crippen molar-refractivity contribution in [1.29, 1.82) is 0 Å². The molecule has 12 heteroatoms. The van der Waals surface area contributed by atoms with Crippen molar-refractivity contribution in [3.8, 4) is 0 Å². The molecule has 9 nitrogen and oxygen atoms in total. The maximum absolute atomic E-state index is 12.8. The van der Waals surface area contributed by atoms with E-state index < -0.39 is 17.8 Å². The third-order valence-electron chi connectivity index (χ3n) is 6.26. The Bertz CT molecular complexity index is 1490. The minimum absolute atomic E-state index is 0.00816. The molecule has 0 radical (unpaired) electrons. The summed E-state index contributed by atoms with van der Waals surface area (Å²) in [6.07, 6.45) is 4.87. The number of amides is 2. The molecule has 0 fully saturated rings. The molecule has 3 aromatic rings. The van der Waals surface area contributed by atoms with E-state index >= 15 is 0 Å². The first-order valence-electron chi connectivity index (χ1n) is 13.3. The van der Waals surface area contributed by atoms with E-state index in [0.29, 0.717) is 15.4 Å². The normalized spacial score (nSPS) is 13.5. The molecule has 0 saturated heterocycles. The molecule has 0 atom stereocenters. The van der Waals surface area contributed by atoms with Gasteiger partial charge in [-0.3, -0.25) is 14.4 Å². The Morgan fingerprint density at radius 1 is 1.02 bits per heavy atom. The van der Waals surface area contributed by atoms with Crippen LogP contribution in [0.2, 0.25) is 0 Å². The predicted molar refractivity (Wildman–Crippen MR) is 159 cm³/mol. The van der Waals surface area contributed by atoms with E-state index in [9.17, 15) is 19.2 Å². The highest BCUT2D eigenvalue weighted by atomic mass is 32.2. The van der Waals surface area contributed by atoms with Gasteiger partial charge in [-0.2, -0.15) is 4.99 Å². The van der Waals surface area contributed by atoms with Crippen LogP contribution in [0.1, 0.15) is 59.5 Å². The first kappa shape index (κ1) is 30.0. The number of benzene rings is 1. The predicted octanol–water partition coefficient (Wildman–Crippen LogP) is 4.88. The van der Waals surface area contributed by atoms with E-state index in [0.717, 1.165) is 70.1 Å². The van der Waals surface area contributed by atoms with Crippen molar-refractivity contribution < 1.29 is 28.7 Å². The standard InChI is InChI=1S/C28H33N3O6S3/c1-4-36-24(34)14-31-19-12-11-17(3)13-21(19)40-28(31)30-23(33)16-38-15-22(32)29-26-25(27(35)37-5-2)18-9-7-6-8-10-20(18)39-26/h11-13H,4-10,14-16H2,1-3H3,(H,29,32). The fourth-order valence-corrected chi connectivity index (χ4v) is 7.57. The number of hydrogen-bond donors (Lipinski definition) is 1. The monoisotopic (exact) mass is 603 g/mol. The van der Waals surface area contributed by atoms with Gasteiger partial charge < -0.3 is 19.4 Å². The van der Waals surface area contributed by atoms with E-state index in [1.165, 1.54) is 22.7 Å². The van der Waals surface area contributed by atoms with Crippen LogP contribution in [0.4, 0.5) is 5.00 Å². The highest BCUT2D eigenvalue weighted by Gasteiger charge is 2.26. The first-order valence-corrected chi connectivity index (χ1v) is 16.1. The van der Waals surface area contributed by atoms with Crippen molar-refractivity contribution in [3.05, 3.63) is 44.6 Å². The third-order valence-corrected chi connectivity index (χ3v) is 9.43. The highest BCUT2D eigenvalue weighted by molar-refractivity contribution is 8.00. The van der Waals surface area contributed by atoms with Gasteiger partial charge in [0.2, 0.25) is 5.91 Å². The number of thioether (sulfide) groups is 1. The van der Waals surface area contributed by atoms with Crippen LogP contribution in [-0.4, -0.2) is 53.0 Å². The number of aryl methyl sites for hydroxylation is 2. The van der Waals surface area contributed by atoms with E-state index in [-0.39, 0.29) is 37.2 Å². The Kier molecular flexibility index (Phi) is 10.6. The number of hydrogen-bond acceptors (Lipinski definition) is 9. The van der Waals surface area contributed by atoms with Gasteiger partial charge in [0, 0.05) is 4.88 Å². The maximum atomic E-state index is 12.8. The zero-order valence-corrected chi connectivity index (χ0v) is 25.3. The van der Waals surface area contributed by atoms with Crippen molar-refractivity contribution in [3.63, 3.8) is 0 Å². The molecule has 0 saturated carbocycles. The molecule has 1 aliphatic rings. The second-order valence-corrected chi connectivity index (χ2v) is 12.4. The number of ether oxygens (including phenoxy) is 2. The Hall–Kier alpha value is -2.96. The molecule has 0 bridgehead atoms. The summed E-state index contributed by atoms with van der Waals surface area (Å²) in [5.41, 5.74) is 3.32. The van der Waals surface area contributed by atoms with Gasteiger partial charge in [-0.05, 0) is 69.7 Å². The lowest BCUT2D eigenvalue weighted by Crippen LogP contribution is -2.23. The van der Waals surface area contributed by atoms with Gasteiger partial charge in [0.1, 0.15) is 11.5 Å². The number of anilines is 1. The second kappa shape index (κ2) is 14.1. The zero-order chi connectivity index (χ0) is 28.6. The summed E-state index contributed by atoms with van der Waals surface area (Å²) in [4.78, 5) is 56.2. The van der Waals surface area contributed by atoms with Gasteiger partial charge in [0.25, 0.3) is 5.91 Å². The molecule has 1 aromatic carbocycles. The van der Waals surface area contributed by atoms with Crippen molar-refractivity contribution in [1.82, 2.24) is 4.57 Å². The second-order valence-electron chi connectivity index (χ2n) is 9.28. The molecular weight excluding hydrogens is 571 g/mol. The topological polar surface area (TPSA) is 116 Å². The van der Waals surface area contributed by atoms with Crippen LogP contribution in [0, 0.1) is 6.92 Å². The van der Waals surface area contributed by atoms with Crippen LogP contribution in [0.25, 0.3) is 10.2 Å². The summed E-state index contributed by atoms with van der Waals surface area (Å²) in [7, 11) is 0. The Morgan fingerprint density at radius 2 is 1.80 bits per heavy atom. The molecule has 1 N–H and O–H groups in total. The SMILES string of the molecule is CCOC(=O)Cn1c(=NC(=O)CSCC(=O)Nc2sc3c(c2C(=O)OCC)CCCCC3)sc2cc(C)ccc21. The smallest absolute Gasteiger partial charge is 0.341 e. The minimum Gasteiger partial charge on any atom is -0.465 e. The lowest BCUT2D eigenvalue weighted by Gasteiger charge is -2.08. The number of carbonyl (C=O) groups is 4. The molecule has 1 aliphatic carbocycles. The van der Waals surface area contributed by atoms with Gasteiger partial charge in [0.15, 0.2) is 4.80 Å². The van der Waals surface area contributed by atoms with Gasteiger partial charge in [-0.25, -0.2) is 4.79 Å². The lowest BCUT2D eigenvalue weighted by atomic mass is 10.1. The third kappa shape index (κ3) is 7.41. The average Bonchev–Trinajstić information content (AvgIpc) is 3.30. The fourth-order valence-electron chi connectivity index (χ4n) is 4.54. The van der Waals surface area contributed by atoms with Crippen molar-refractivity contribution >= 4 is 73.4 Å². The summed E-state index contributed by atoms with van der Waals surface area (Å²) < 4.78 is 13.0. The van der Waals surface area contributed by atoms with E-state index in [1.54, 1.807) is 18.4 Å². The number of esters is 2. The molecule has 2 heterocycles. The first-order chi connectivity index (χ1) is 19.3. The number of thiazole rings is 1. The molecule has 0 aliphatic heterocycles. The molecule has 2 aromatic heterocycles. The minimum atomic E-state index is -0.409. The lowest BCUT2D eigenvalue weighted by molar-refractivity contribution is -0.143. The van der Waals surface area contributed by atoms with Crippen LogP contribution in [0.3, 0.4) is 0 Å². The summed E-state index contributed by atoms with van der Waals surface area (Å²) in [6.45, 7) is 5.95. The molecule has 214 valence electrons. The number of nitrogens with one attached hydrogen (secondary N) is 1. The average molecular weight is 604 g/mol. The van der Waals surface area contributed by atoms with Crippen LogP contribution in [0.5, 0.6) is 0 Å². The maximum Gasteiger partial charge on any atom is 0.341 e. The summed E-state index contributed by atoms with van der Waals surface area (Å²) >= 11 is 3.92. The molecule has 40 heavy (non-hydrogen) atoms. The van der Waals surface area contributed by atoms with E-state index in [1.807, 2.05) is 25.1 Å². The number of aromatic nitrogens is 1. The highest BCUT2D eigenvalue weighted by Crippen LogP contribution is 2.38. The molecule has 0 unspecified atom stereocenters. The van der Waals surface area contributed by atoms with E-state index in [2.05, 4.69) is 10.3 Å². The number of carbonyl (C=O) groups excluding carboxylic acids is 4. The Balaban J connectivity index is 1.43. The zero-order valence-electron chi connectivity index (χ0n) is 22.9. The summed E-state index contributed by atoms with van der Waals surface area (Å²) in [5.74, 6) is -1.50. The van der Waals surface area contributed by atoms with Crippen molar-refractivity contribution in [2.45, 2.75) is 59.4 Å². The number of thiophene rings is 1. The number of nitrogens with zero attached hydrogens (tertiary/aromatic N) is 2. The van der Waals surface area contributed by atoms with Crippen LogP contribution < -0.4 is 10.1 Å². The van der Waals surface area contributed by atoms with Gasteiger partial charge in [-0.15, -0.1) is 23.1 Å². The van der Waals surface area contributed by atoms with Crippen molar-refractivity contribution in [2.24, 2.45) is 4.99 Å². The van der Waals surface area contributed by atoms with Gasteiger partial charge in [-0.1, -0.05) is 23.8 Å². The Labute approximate surface area is 245 Å². The largest absolute Gasteiger partial charge is 0.465 e. The number of fused-ring (bicyclic) bond motifs is 2.